The maximum atomic E-state index is 11.0. The first-order valence-corrected chi connectivity index (χ1v) is 7.75. The third-order valence-electron chi connectivity index (χ3n) is 2.78. The first-order valence-electron chi connectivity index (χ1n) is 5.80. The Balaban J connectivity index is 2.19. The second kappa shape index (κ2) is 5.52. The van der Waals surface area contributed by atoms with E-state index in [1.54, 1.807) is 0 Å². The van der Waals surface area contributed by atoms with Crippen molar-refractivity contribution in [3.05, 3.63) is 23.6 Å². The van der Waals surface area contributed by atoms with Gasteiger partial charge in [-0.3, -0.25) is 4.79 Å². The Bertz CT molecular complexity index is 669. The molecule has 11 heteroatoms. The van der Waals surface area contributed by atoms with Crippen molar-refractivity contribution in [2.24, 2.45) is 5.73 Å². The molecule has 0 spiro atoms. The van der Waals surface area contributed by atoms with Crippen molar-refractivity contribution in [2.45, 2.75) is 24.5 Å². The van der Waals surface area contributed by atoms with Crippen LogP contribution in [0.3, 0.4) is 0 Å². The minimum absolute atomic E-state index is 0.268. The smallest absolute Gasteiger partial charge is 0.288 e. The van der Waals surface area contributed by atoms with E-state index in [1.807, 2.05) is 0 Å². The zero-order valence-corrected chi connectivity index (χ0v) is 11.7. The van der Waals surface area contributed by atoms with Crippen LogP contribution in [0.2, 0.25) is 0 Å². The predicted molar refractivity (Wildman–Crippen MR) is 68.4 cm³/mol. The zero-order chi connectivity index (χ0) is 15.8. The number of primary amides is 1. The molecule has 2 heterocycles. The molecule has 0 aliphatic carbocycles. The van der Waals surface area contributed by atoms with Crippen LogP contribution >= 0.6 is 0 Å². The molecule has 1 fully saturated rings. The van der Waals surface area contributed by atoms with Gasteiger partial charge in [-0.05, 0) is 6.08 Å². The lowest BCUT2D eigenvalue weighted by atomic mass is 10.1. The van der Waals surface area contributed by atoms with E-state index < -0.39 is 40.3 Å². The Kier molecular flexibility index (Phi) is 4.09. The third-order valence-corrected chi connectivity index (χ3v) is 3.43. The van der Waals surface area contributed by atoms with E-state index in [4.69, 9.17) is 10.5 Å². The van der Waals surface area contributed by atoms with Gasteiger partial charge in [0, 0.05) is 11.7 Å². The molecule has 1 aliphatic rings. The van der Waals surface area contributed by atoms with Crippen molar-refractivity contribution < 1.29 is 28.2 Å². The Morgan fingerprint density at radius 1 is 1.48 bits per heavy atom. The number of carbonyl (C=O) groups excluding carboxylic acids is 1. The van der Waals surface area contributed by atoms with Gasteiger partial charge in [0.2, 0.25) is 5.82 Å². The summed E-state index contributed by atoms with van der Waals surface area (Å²) < 4.78 is 28.4. The van der Waals surface area contributed by atoms with Crippen molar-refractivity contribution in [2.75, 3.05) is 6.26 Å². The summed E-state index contributed by atoms with van der Waals surface area (Å²) in [4.78, 5) is 14.5. The predicted octanol–water partition coefficient (Wildman–Crippen LogP) is -2.45. The van der Waals surface area contributed by atoms with Crippen molar-refractivity contribution in [1.29, 1.82) is 0 Å². The van der Waals surface area contributed by atoms with Gasteiger partial charge in [0.05, 0.1) is 0 Å². The molecule has 0 aromatic carbocycles. The molecule has 0 unspecified atom stereocenters. The largest absolute Gasteiger partial charge is 0.387 e. The summed E-state index contributed by atoms with van der Waals surface area (Å²) in [5.41, 5.74) is 5.00. The topological polar surface area (TPSA) is 158 Å². The van der Waals surface area contributed by atoms with Gasteiger partial charge in [0.1, 0.15) is 24.6 Å². The van der Waals surface area contributed by atoms with Gasteiger partial charge < -0.3 is 20.7 Å². The van der Waals surface area contributed by atoms with Crippen LogP contribution in [-0.2, 0) is 14.6 Å². The quantitative estimate of drug-likeness (QED) is 0.552. The highest BCUT2D eigenvalue weighted by Crippen LogP contribution is 2.29. The number of amides is 1. The fraction of sp³-hybridized carbons (Fsp3) is 0.500. The summed E-state index contributed by atoms with van der Waals surface area (Å²) in [5, 5.41) is 24.3. The number of nitrogens with two attached hydrogens (primary N) is 1. The number of nitrogens with zero attached hydrogens (tertiary/aromatic N) is 3. The Hall–Kier alpha value is -1.82. The highest BCUT2D eigenvalue weighted by atomic mass is 32.2. The zero-order valence-electron chi connectivity index (χ0n) is 10.9. The van der Waals surface area contributed by atoms with Crippen LogP contribution in [-0.4, -0.2) is 63.9 Å². The average Bonchev–Trinajstić information content (AvgIpc) is 2.94. The average molecular weight is 318 g/mol. The molecule has 1 saturated heterocycles. The summed E-state index contributed by atoms with van der Waals surface area (Å²) >= 11 is 0. The Morgan fingerprint density at radius 3 is 2.67 bits per heavy atom. The van der Waals surface area contributed by atoms with E-state index in [1.165, 1.54) is 0 Å². The van der Waals surface area contributed by atoms with Crippen LogP contribution in [0, 0.1) is 0 Å². The number of rotatable bonds is 4. The lowest BCUT2D eigenvalue weighted by Crippen LogP contribution is -2.31. The highest BCUT2D eigenvalue weighted by molar-refractivity contribution is 7.93. The normalized spacial score (nSPS) is 30.0. The molecule has 4 atom stereocenters. The minimum atomic E-state index is -3.39. The van der Waals surface area contributed by atoms with E-state index in [2.05, 4.69) is 10.1 Å². The van der Waals surface area contributed by atoms with Crippen LogP contribution in [0.25, 0.3) is 0 Å². The van der Waals surface area contributed by atoms with Gasteiger partial charge in [0.25, 0.3) is 5.91 Å². The second-order valence-corrected chi connectivity index (χ2v) is 6.47. The van der Waals surface area contributed by atoms with E-state index in [9.17, 15) is 23.4 Å². The van der Waals surface area contributed by atoms with E-state index in [0.29, 0.717) is 0 Å². The molecule has 0 saturated carbocycles. The molecule has 1 aliphatic heterocycles. The molecular formula is C10H14N4O6S. The maximum absolute atomic E-state index is 11.0. The van der Waals surface area contributed by atoms with Gasteiger partial charge in [-0.25, -0.2) is 18.1 Å². The number of sulfone groups is 1. The van der Waals surface area contributed by atoms with Gasteiger partial charge in [-0.2, -0.15) is 0 Å². The number of aliphatic hydroxyl groups excluding tert-OH is 2. The number of aromatic nitrogens is 3. The molecule has 116 valence electrons. The first kappa shape index (κ1) is 15.6. The molecule has 1 aromatic rings. The Morgan fingerprint density at radius 2 is 2.14 bits per heavy atom. The maximum Gasteiger partial charge on any atom is 0.288 e. The fourth-order valence-corrected chi connectivity index (χ4v) is 2.23. The van der Waals surface area contributed by atoms with Crippen LogP contribution in [0.4, 0.5) is 0 Å². The molecule has 1 aromatic heterocycles. The fourth-order valence-electron chi connectivity index (χ4n) is 1.79. The molecule has 21 heavy (non-hydrogen) atoms. The third kappa shape index (κ3) is 3.44. The standard InChI is InChI=1S/C10H14N4O6S/c1-21(18,19)3-2-5-6(15)7(16)10(20-5)14-4-12-9(13-14)8(11)17/h2-7,10,15-16H,1H3,(H2,11,17)/b3-2+/t5-,6-,7-,10-/m1/s1. The van der Waals surface area contributed by atoms with E-state index in [-0.39, 0.29) is 5.82 Å². The SMILES string of the molecule is CS(=O)(=O)/C=C/[C@H]1O[C@@H](n2cnc(C(N)=O)n2)[C@H](O)[C@@H]1O. The highest BCUT2D eigenvalue weighted by Gasteiger charge is 2.43. The van der Waals surface area contributed by atoms with Gasteiger partial charge in [-0.1, -0.05) is 0 Å². The number of ether oxygens (including phenoxy) is 1. The number of carbonyl (C=O) groups is 1. The number of aliphatic hydroxyl groups is 2. The molecule has 10 nitrogen and oxygen atoms in total. The molecule has 0 bridgehead atoms. The van der Waals surface area contributed by atoms with Gasteiger partial charge in [0.15, 0.2) is 16.1 Å². The van der Waals surface area contributed by atoms with Gasteiger partial charge >= 0.3 is 0 Å². The van der Waals surface area contributed by atoms with Crippen molar-refractivity contribution in [1.82, 2.24) is 14.8 Å². The van der Waals surface area contributed by atoms with Crippen LogP contribution in [0.15, 0.2) is 17.8 Å². The molecule has 0 radical (unpaired) electrons. The lowest BCUT2D eigenvalue weighted by Gasteiger charge is -2.13. The molecular weight excluding hydrogens is 304 g/mol. The summed E-state index contributed by atoms with van der Waals surface area (Å²) in [6.45, 7) is 0. The van der Waals surface area contributed by atoms with Crippen LogP contribution in [0.1, 0.15) is 16.8 Å². The van der Waals surface area contributed by atoms with Crippen molar-refractivity contribution in [3.8, 4) is 0 Å². The molecule has 2 rings (SSSR count). The summed E-state index contributed by atoms with van der Waals surface area (Å²) in [7, 11) is -3.39. The van der Waals surface area contributed by atoms with Crippen LogP contribution in [0.5, 0.6) is 0 Å². The second-order valence-electron chi connectivity index (χ2n) is 4.54. The monoisotopic (exact) mass is 318 g/mol. The van der Waals surface area contributed by atoms with Crippen molar-refractivity contribution in [3.63, 3.8) is 0 Å². The van der Waals surface area contributed by atoms with Gasteiger partial charge in [-0.15, -0.1) is 5.10 Å². The van der Waals surface area contributed by atoms with E-state index >= 15 is 0 Å². The summed E-state index contributed by atoms with van der Waals surface area (Å²) in [5.74, 6) is -1.12. The first-order chi connectivity index (χ1) is 9.69. The Labute approximate surface area is 119 Å². The van der Waals surface area contributed by atoms with Crippen LogP contribution < -0.4 is 5.73 Å². The summed E-state index contributed by atoms with van der Waals surface area (Å²) in [6.07, 6.45) is -1.67. The lowest BCUT2D eigenvalue weighted by molar-refractivity contribution is -0.0346. The molecule has 1 amide bonds. The number of hydrogen-bond acceptors (Lipinski definition) is 8. The summed E-state index contributed by atoms with van der Waals surface area (Å²) in [6, 6.07) is 0. The molecule has 4 N–H and O–H groups in total. The number of hydrogen-bond donors (Lipinski definition) is 3. The minimum Gasteiger partial charge on any atom is -0.387 e. The van der Waals surface area contributed by atoms with Crippen molar-refractivity contribution >= 4 is 15.7 Å². The van der Waals surface area contributed by atoms with E-state index in [0.717, 1.165) is 28.7 Å².